The molecule has 2 aliphatic rings. The summed E-state index contributed by atoms with van der Waals surface area (Å²) in [4.78, 5) is 4.37. The predicted molar refractivity (Wildman–Crippen MR) is 57.9 cm³/mol. The van der Waals surface area contributed by atoms with Crippen molar-refractivity contribution in [3.63, 3.8) is 0 Å². The quantitative estimate of drug-likeness (QED) is 0.822. The highest BCUT2D eigenvalue weighted by Crippen LogP contribution is 2.39. The summed E-state index contributed by atoms with van der Waals surface area (Å²) in [6.45, 7) is 0.499. The van der Waals surface area contributed by atoms with Crippen LogP contribution < -0.4 is 5.32 Å². The lowest BCUT2D eigenvalue weighted by molar-refractivity contribution is 0.493. The molecule has 0 bridgehead atoms. The van der Waals surface area contributed by atoms with Gasteiger partial charge in [-0.05, 0) is 12.8 Å². The fourth-order valence-electron chi connectivity index (χ4n) is 1.95. The van der Waals surface area contributed by atoms with Crippen molar-refractivity contribution in [3.05, 3.63) is 17.8 Å². The second-order valence-corrected chi connectivity index (χ2v) is 6.73. The van der Waals surface area contributed by atoms with Gasteiger partial charge in [-0.15, -0.1) is 0 Å². The van der Waals surface area contributed by atoms with E-state index in [0.717, 1.165) is 24.4 Å². The molecule has 1 saturated carbocycles. The Balaban J connectivity index is 1.80. The summed E-state index contributed by atoms with van der Waals surface area (Å²) in [5.41, 5.74) is 0.727. The number of nitrogens with zero attached hydrogens (tertiary/aromatic N) is 1. The number of oxazole rings is 1. The van der Waals surface area contributed by atoms with Gasteiger partial charge in [0.25, 0.3) is 0 Å². The van der Waals surface area contributed by atoms with Gasteiger partial charge in [-0.1, -0.05) is 0 Å². The summed E-state index contributed by atoms with van der Waals surface area (Å²) in [6, 6.07) is -0.199. The first-order chi connectivity index (χ1) is 7.64. The van der Waals surface area contributed by atoms with Crippen LogP contribution >= 0.6 is 0 Å². The third-order valence-corrected chi connectivity index (χ3v) is 4.72. The van der Waals surface area contributed by atoms with Gasteiger partial charge in [0.1, 0.15) is 6.26 Å². The lowest BCUT2D eigenvalue weighted by atomic mass is 10.2. The van der Waals surface area contributed by atoms with Crippen LogP contribution in [0, 0.1) is 0 Å². The zero-order chi connectivity index (χ0) is 11.2. The summed E-state index contributed by atoms with van der Waals surface area (Å²) in [7, 11) is -2.92. The predicted octanol–water partition coefficient (Wildman–Crippen LogP) is 0.611. The Morgan fingerprint density at radius 2 is 2.25 bits per heavy atom. The lowest BCUT2D eigenvalue weighted by Gasteiger charge is -2.21. The molecule has 2 heterocycles. The van der Waals surface area contributed by atoms with Crippen molar-refractivity contribution in [2.24, 2.45) is 0 Å². The van der Waals surface area contributed by atoms with Gasteiger partial charge in [0.2, 0.25) is 0 Å². The monoisotopic (exact) mass is 242 g/mol. The fraction of sp³-hybridized carbons (Fsp3) is 0.700. The maximum atomic E-state index is 11.5. The molecule has 3 rings (SSSR count). The second kappa shape index (κ2) is 3.56. The Kier molecular flexibility index (Phi) is 2.29. The Bertz CT molecular complexity index is 490. The van der Waals surface area contributed by atoms with E-state index < -0.39 is 9.84 Å². The van der Waals surface area contributed by atoms with Crippen LogP contribution in [0.3, 0.4) is 0 Å². The van der Waals surface area contributed by atoms with E-state index in [1.54, 1.807) is 6.26 Å². The van der Waals surface area contributed by atoms with Crippen molar-refractivity contribution in [2.75, 3.05) is 18.1 Å². The summed E-state index contributed by atoms with van der Waals surface area (Å²) in [6.07, 6.45) is 3.86. The topological polar surface area (TPSA) is 72.2 Å². The van der Waals surface area contributed by atoms with Crippen LogP contribution in [0.2, 0.25) is 0 Å². The van der Waals surface area contributed by atoms with E-state index in [-0.39, 0.29) is 17.5 Å². The third-order valence-electron chi connectivity index (χ3n) is 3.05. The molecule has 1 atom stereocenters. The standard InChI is InChI=1S/C10H14N2O3S/c13-16(14)4-3-11-9(6-16)8-5-15-10(12-8)7-1-2-7/h5,7,9,11H,1-4,6H2. The molecule has 88 valence electrons. The molecule has 1 aliphatic heterocycles. The van der Waals surface area contributed by atoms with Crippen LogP contribution in [-0.2, 0) is 9.84 Å². The second-order valence-electron chi connectivity index (χ2n) is 4.51. The van der Waals surface area contributed by atoms with Gasteiger partial charge in [0.05, 0.1) is 23.2 Å². The van der Waals surface area contributed by atoms with E-state index in [1.165, 1.54) is 0 Å². The normalized spacial score (nSPS) is 29.1. The van der Waals surface area contributed by atoms with Crippen LogP contribution in [-0.4, -0.2) is 31.5 Å². The Labute approximate surface area is 94.2 Å². The van der Waals surface area contributed by atoms with Crippen molar-refractivity contribution in [1.29, 1.82) is 0 Å². The molecule has 0 radical (unpaired) electrons. The Morgan fingerprint density at radius 1 is 1.44 bits per heavy atom. The number of hydrogen-bond donors (Lipinski definition) is 1. The van der Waals surface area contributed by atoms with E-state index >= 15 is 0 Å². The van der Waals surface area contributed by atoms with Gasteiger partial charge in [-0.2, -0.15) is 0 Å². The first-order valence-corrected chi connectivity index (χ1v) is 7.35. The van der Waals surface area contributed by atoms with Crippen molar-refractivity contribution < 1.29 is 12.8 Å². The molecule has 0 aromatic carbocycles. The minimum absolute atomic E-state index is 0.129. The summed E-state index contributed by atoms with van der Waals surface area (Å²) in [5.74, 6) is 1.58. The molecule has 6 heteroatoms. The third kappa shape index (κ3) is 1.99. The molecular formula is C10H14N2O3S. The summed E-state index contributed by atoms with van der Waals surface area (Å²) in [5, 5.41) is 3.16. The molecule has 2 fully saturated rings. The Hall–Kier alpha value is -0.880. The largest absolute Gasteiger partial charge is 0.448 e. The van der Waals surface area contributed by atoms with Crippen LogP contribution in [0.25, 0.3) is 0 Å². The number of rotatable bonds is 2. The van der Waals surface area contributed by atoms with Gasteiger partial charge in [0.15, 0.2) is 15.7 Å². The highest BCUT2D eigenvalue weighted by atomic mass is 32.2. The molecule has 0 spiro atoms. The van der Waals surface area contributed by atoms with Gasteiger partial charge < -0.3 is 9.73 Å². The van der Waals surface area contributed by atoms with Crippen LogP contribution in [0.4, 0.5) is 0 Å². The maximum absolute atomic E-state index is 11.5. The van der Waals surface area contributed by atoms with Crippen molar-refractivity contribution in [1.82, 2.24) is 10.3 Å². The van der Waals surface area contributed by atoms with E-state index in [0.29, 0.717) is 12.5 Å². The molecule has 0 amide bonds. The first-order valence-electron chi connectivity index (χ1n) is 5.53. The van der Waals surface area contributed by atoms with E-state index in [4.69, 9.17) is 4.42 Å². The van der Waals surface area contributed by atoms with E-state index in [9.17, 15) is 8.42 Å². The SMILES string of the molecule is O=S1(=O)CCNC(c2coc(C3CC3)n2)C1. The van der Waals surface area contributed by atoms with E-state index in [2.05, 4.69) is 10.3 Å². The van der Waals surface area contributed by atoms with Gasteiger partial charge in [-0.25, -0.2) is 13.4 Å². The van der Waals surface area contributed by atoms with Gasteiger partial charge >= 0.3 is 0 Å². The number of hydrogen-bond acceptors (Lipinski definition) is 5. The average molecular weight is 242 g/mol. The van der Waals surface area contributed by atoms with Crippen molar-refractivity contribution in [3.8, 4) is 0 Å². The molecule has 1 saturated heterocycles. The highest BCUT2D eigenvalue weighted by Gasteiger charge is 2.32. The zero-order valence-electron chi connectivity index (χ0n) is 8.85. The number of sulfone groups is 1. The van der Waals surface area contributed by atoms with Crippen LogP contribution in [0.1, 0.15) is 36.4 Å². The molecule has 1 aromatic rings. The maximum Gasteiger partial charge on any atom is 0.197 e. The van der Waals surface area contributed by atoms with Crippen molar-refractivity contribution in [2.45, 2.75) is 24.8 Å². The van der Waals surface area contributed by atoms with Gasteiger partial charge in [0, 0.05) is 12.5 Å². The molecule has 1 aromatic heterocycles. The minimum Gasteiger partial charge on any atom is -0.448 e. The van der Waals surface area contributed by atoms with Gasteiger partial charge in [-0.3, -0.25) is 0 Å². The van der Waals surface area contributed by atoms with Crippen molar-refractivity contribution >= 4 is 9.84 Å². The lowest BCUT2D eigenvalue weighted by Crippen LogP contribution is -2.39. The first kappa shape index (κ1) is 10.3. The molecule has 16 heavy (non-hydrogen) atoms. The highest BCUT2D eigenvalue weighted by molar-refractivity contribution is 7.91. The number of nitrogens with one attached hydrogen (secondary N) is 1. The minimum atomic E-state index is -2.92. The molecule has 1 aliphatic carbocycles. The smallest absolute Gasteiger partial charge is 0.197 e. The average Bonchev–Trinajstić information content (AvgIpc) is 2.95. The van der Waals surface area contributed by atoms with Crippen LogP contribution in [0.5, 0.6) is 0 Å². The molecule has 5 nitrogen and oxygen atoms in total. The summed E-state index contributed by atoms with van der Waals surface area (Å²) >= 11 is 0. The fourth-order valence-corrected chi connectivity index (χ4v) is 3.35. The molecule has 1 unspecified atom stereocenters. The van der Waals surface area contributed by atoms with E-state index in [1.807, 2.05) is 0 Å². The summed E-state index contributed by atoms with van der Waals surface area (Å²) < 4.78 is 28.3. The molecular weight excluding hydrogens is 228 g/mol. The van der Waals surface area contributed by atoms with Crippen LogP contribution in [0.15, 0.2) is 10.7 Å². The Morgan fingerprint density at radius 3 is 2.94 bits per heavy atom. The zero-order valence-corrected chi connectivity index (χ0v) is 9.66. The number of aromatic nitrogens is 1. The molecule has 1 N–H and O–H groups in total.